The normalized spacial score (nSPS) is 12.4. The van der Waals surface area contributed by atoms with Crippen LogP contribution in [0.4, 0.5) is 5.69 Å². The van der Waals surface area contributed by atoms with Crippen molar-refractivity contribution in [3.63, 3.8) is 0 Å². The van der Waals surface area contributed by atoms with Gasteiger partial charge in [-0.15, -0.1) is 0 Å². The second kappa shape index (κ2) is 8.96. The number of aliphatic hydroxyl groups excluding tert-OH is 1. The monoisotopic (exact) mass is 383 g/mol. The van der Waals surface area contributed by atoms with Gasteiger partial charge in [-0.2, -0.15) is 0 Å². The fourth-order valence-electron chi connectivity index (χ4n) is 1.39. The minimum atomic E-state index is -0.492. The molecule has 1 aromatic rings. The van der Waals surface area contributed by atoms with Gasteiger partial charge in [0.1, 0.15) is 0 Å². The van der Waals surface area contributed by atoms with Gasteiger partial charge in [-0.25, -0.2) is 0 Å². The topological polar surface area (TPSA) is 41.5 Å². The van der Waals surface area contributed by atoms with Crippen molar-refractivity contribution in [3.8, 4) is 0 Å². The van der Waals surface area contributed by atoms with Gasteiger partial charge in [0.25, 0.3) is 0 Å². The summed E-state index contributed by atoms with van der Waals surface area (Å²) in [6.07, 6.45) is 1.65. The van der Waals surface area contributed by atoms with Crippen LogP contribution in [-0.2, 0) is 4.74 Å². The van der Waals surface area contributed by atoms with Crippen LogP contribution in [0.25, 0.3) is 0 Å². The Bertz CT molecular complexity index is 363. The average Bonchev–Trinajstić information content (AvgIpc) is 2.33. The zero-order valence-electron chi connectivity index (χ0n) is 10.5. The van der Waals surface area contributed by atoms with E-state index in [2.05, 4.69) is 34.8 Å². The van der Waals surface area contributed by atoms with E-state index in [9.17, 15) is 5.11 Å². The summed E-state index contributed by atoms with van der Waals surface area (Å²) in [7, 11) is 0. The van der Waals surface area contributed by atoms with Crippen molar-refractivity contribution in [1.82, 2.24) is 0 Å². The molecule has 5 heteroatoms. The van der Waals surface area contributed by atoms with E-state index in [4.69, 9.17) is 16.3 Å². The number of ether oxygens (including phenoxy) is 1. The Morgan fingerprint density at radius 2 is 2.28 bits per heavy atom. The first-order valence-electron chi connectivity index (χ1n) is 6.08. The molecule has 0 heterocycles. The van der Waals surface area contributed by atoms with Gasteiger partial charge in [0, 0.05) is 27.4 Å². The fourth-order valence-corrected chi connectivity index (χ4v) is 2.45. The van der Waals surface area contributed by atoms with Crippen LogP contribution in [0, 0.1) is 3.57 Å². The van der Waals surface area contributed by atoms with Crippen molar-refractivity contribution in [2.75, 3.05) is 25.1 Å². The highest BCUT2D eigenvalue weighted by Crippen LogP contribution is 2.22. The van der Waals surface area contributed by atoms with Crippen molar-refractivity contribution in [1.29, 1.82) is 0 Å². The van der Waals surface area contributed by atoms with Crippen LogP contribution in [0.5, 0.6) is 0 Å². The summed E-state index contributed by atoms with van der Waals surface area (Å²) in [5.74, 6) is 0. The molecular weight excluding hydrogens is 365 g/mol. The summed E-state index contributed by atoms with van der Waals surface area (Å²) in [6.45, 7) is 3.68. The van der Waals surface area contributed by atoms with Crippen LogP contribution in [0.1, 0.15) is 19.8 Å². The van der Waals surface area contributed by atoms with Gasteiger partial charge >= 0.3 is 0 Å². The molecule has 1 unspecified atom stereocenters. The summed E-state index contributed by atoms with van der Waals surface area (Å²) in [6, 6.07) is 5.62. The van der Waals surface area contributed by atoms with Crippen molar-refractivity contribution in [2.45, 2.75) is 25.9 Å². The molecule has 0 saturated heterocycles. The molecule has 0 aromatic heterocycles. The van der Waals surface area contributed by atoms with Crippen LogP contribution in [0.3, 0.4) is 0 Å². The quantitative estimate of drug-likeness (QED) is 0.533. The van der Waals surface area contributed by atoms with E-state index in [1.165, 1.54) is 0 Å². The first kappa shape index (κ1) is 16.0. The maximum atomic E-state index is 9.74. The molecule has 0 spiro atoms. The standard InChI is InChI=1S/C13H19ClINO2/c1-2-3-6-18-9-11(17)8-16-13-5-4-10(14)7-12(13)15/h4-5,7,11,16-17H,2-3,6,8-9H2,1H3. The molecule has 102 valence electrons. The van der Waals surface area contributed by atoms with Crippen LogP contribution in [-0.4, -0.2) is 31.0 Å². The molecule has 0 saturated carbocycles. The van der Waals surface area contributed by atoms with Gasteiger partial charge in [-0.3, -0.25) is 0 Å². The van der Waals surface area contributed by atoms with Crippen molar-refractivity contribution in [2.24, 2.45) is 0 Å². The highest BCUT2D eigenvalue weighted by Gasteiger charge is 2.06. The van der Waals surface area contributed by atoms with E-state index in [-0.39, 0.29) is 0 Å². The molecule has 0 bridgehead atoms. The maximum Gasteiger partial charge on any atom is 0.0945 e. The lowest BCUT2D eigenvalue weighted by Gasteiger charge is -2.14. The van der Waals surface area contributed by atoms with Gasteiger partial charge < -0.3 is 15.2 Å². The Labute approximate surface area is 127 Å². The summed E-state index contributed by atoms with van der Waals surface area (Å²) in [5, 5.41) is 13.6. The zero-order valence-corrected chi connectivity index (χ0v) is 13.4. The molecule has 18 heavy (non-hydrogen) atoms. The van der Waals surface area contributed by atoms with Crippen molar-refractivity contribution < 1.29 is 9.84 Å². The molecule has 1 rings (SSSR count). The third-order valence-corrected chi connectivity index (χ3v) is 3.54. The molecule has 0 aliphatic heterocycles. The summed E-state index contributed by atoms with van der Waals surface area (Å²) >= 11 is 8.09. The number of unbranched alkanes of at least 4 members (excludes halogenated alkanes) is 1. The first-order chi connectivity index (χ1) is 8.63. The number of halogens is 2. The Morgan fingerprint density at radius 1 is 1.50 bits per heavy atom. The lowest BCUT2D eigenvalue weighted by atomic mass is 10.3. The first-order valence-corrected chi connectivity index (χ1v) is 7.54. The van der Waals surface area contributed by atoms with E-state index in [0.29, 0.717) is 24.8 Å². The summed E-state index contributed by atoms with van der Waals surface area (Å²) < 4.78 is 6.40. The molecular formula is C13H19ClINO2. The summed E-state index contributed by atoms with van der Waals surface area (Å²) in [5.41, 5.74) is 0.979. The minimum Gasteiger partial charge on any atom is -0.389 e. The highest BCUT2D eigenvalue weighted by atomic mass is 127. The molecule has 0 amide bonds. The Balaban J connectivity index is 2.27. The summed E-state index contributed by atoms with van der Waals surface area (Å²) in [4.78, 5) is 0. The third kappa shape index (κ3) is 6.22. The van der Waals surface area contributed by atoms with Crippen LogP contribution < -0.4 is 5.32 Å². The fraction of sp³-hybridized carbons (Fsp3) is 0.538. The molecule has 0 aliphatic rings. The van der Waals surface area contributed by atoms with Crippen LogP contribution in [0.2, 0.25) is 5.02 Å². The number of rotatable bonds is 8. The maximum absolute atomic E-state index is 9.74. The van der Waals surface area contributed by atoms with E-state index >= 15 is 0 Å². The van der Waals surface area contributed by atoms with Gasteiger partial charge in [0.15, 0.2) is 0 Å². The zero-order chi connectivity index (χ0) is 13.4. The number of anilines is 1. The number of aliphatic hydroxyl groups is 1. The minimum absolute atomic E-state index is 0.372. The van der Waals surface area contributed by atoms with Gasteiger partial charge in [-0.05, 0) is 47.2 Å². The number of nitrogens with one attached hydrogen (secondary N) is 1. The smallest absolute Gasteiger partial charge is 0.0945 e. The molecule has 1 aromatic carbocycles. The number of benzene rings is 1. The largest absolute Gasteiger partial charge is 0.389 e. The molecule has 2 N–H and O–H groups in total. The predicted octanol–water partition coefficient (Wildman–Crippen LogP) is 3.53. The van der Waals surface area contributed by atoms with Crippen molar-refractivity contribution in [3.05, 3.63) is 26.8 Å². The second-order valence-electron chi connectivity index (χ2n) is 4.09. The van der Waals surface area contributed by atoms with Gasteiger partial charge in [0.05, 0.1) is 12.7 Å². The Hall–Kier alpha value is -0.0400. The average molecular weight is 384 g/mol. The van der Waals surface area contributed by atoms with Crippen molar-refractivity contribution >= 4 is 39.9 Å². The van der Waals surface area contributed by atoms with E-state index in [0.717, 1.165) is 22.1 Å². The lowest BCUT2D eigenvalue weighted by Crippen LogP contribution is -2.25. The predicted molar refractivity (Wildman–Crippen MR) is 84.4 cm³/mol. The second-order valence-corrected chi connectivity index (χ2v) is 5.69. The van der Waals surface area contributed by atoms with E-state index in [1.54, 1.807) is 0 Å². The number of hydrogen-bond donors (Lipinski definition) is 2. The highest BCUT2D eigenvalue weighted by molar-refractivity contribution is 14.1. The van der Waals surface area contributed by atoms with E-state index < -0.39 is 6.10 Å². The van der Waals surface area contributed by atoms with Gasteiger partial charge in [-0.1, -0.05) is 24.9 Å². The Morgan fingerprint density at radius 3 is 2.94 bits per heavy atom. The molecule has 1 atom stereocenters. The Kier molecular flexibility index (Phi) is 7.97. The van der Waals surface area contributed by atoms with Crippen LogP contribution in [0.15, 0.2) is 18.2 Å². The van der Waals surface area contributed by atoms with E-state index in [1.807, 2.05) is 18.2 Å². The van der Waals surface area contributed by atoms with Crippen LogP contribution >= 0.6 is 34.2 Å². The molecule has 0 aliphatic carbocycles. The van der Waals surface area contributed by atoms with Gasteiger partial charge in [0.2, 0.25) is 0 Å². The number of hydrogen-bond acceptors (Lipinski definition) is 3. The lowest BCUT2D eigenvalue weighted by molar-refractivity contribution is 0.0421. The molecule has 3 nitrogen and oxygen atoms in total. The SMILES string of the molecule is CCCCOCC(O)CNc1ccc(Cl)cc1I. The molecule has 0 fully saturated rings. The third-order valence-electron chi connectivity index (χ3n) is 2.41. The molecule has 0 radical (unpaired) electrons.